The Kier molecular flexibility index (Phi) is 5.54. The van der Waals surface area contributed by atoms with Gasteiger partial charge in [0.1, 0.15) is 4.90 Å². The molecule has 0 unspecified atom stereocenters. The summed E-state index contributed by atoms with van der Waals surface area (Å²) in [6.45, 7) is 0.657. The maximum Gasteiger partial charge on any atom is 0.251 e. The largest absolute Gasteiger partial charge is 0.298 e. The molecule has 1 aliphatic heterocycles. The quantitative estimate of drug-likeness (QED) is 0.896. The maximum absolute atomic E-state index is 12.3. The number of hydrogen-bond donors (Lipinski definition) is 1. The van der Waals surface area contributed by atoms with E-state index in [0.717, 1.165) is 0 Å². The third-order valence-corrected chi connectivity index (χ3v) is 5.45. The second kappa shape index (κ2) is 7.00. The minimum absolute atomic E-state index is 0.0432. The lowest BCUT2D eigenvalue weighted by Gasteiger charge is -2.31. The molecule has 21 heavy (non-hydrogen) atoms. The molecule has 1 fully saturated rings. The molecule has 0 saturated carbocycles. The lowest BCUT2D eigenvalue weighted by atomic mass is 10.1. The van der Waals surface area contributed by atoms with Crippen LogP contribution in [0.4, 0.5) is 8.78 Å². The molecule has 1 aromatic rings. The predicted octanol–water partition coefficient (Wildman–Crippen LogP) is 2.35. The van der Waals surface area contributed by atoms with Gasteiger partial charge in [0, 0.05) is 6.04 Å². The molecule has 8 heteroatoms. The zero-order chi connectivity index (χ0) is 15.5. The van der Waals surface area contributed by atoms with Gasteiger partial charge in [0.05, 0.1) is 11.6 Å². The molecule has 0 aromatic heterocycles. The fraction of sp³-hybridized carbons (Fsp3) is 0.538. The molecule has 2 rings (SSSR count). The summed E-state index contributed by atoms with van der Waals surface area (Å²) in [4.78, 5) is 1.69. The van der Waals surface area contributed by atoms with Crippen LogP contribution in [0.15, 0.2) is 29.2 Å². The molecule has 4 nitrogen and oxygen atoms in total. The van der Waals surface area contributed by atoms with Crippen LogP contribution in [0, 0.1) is 0 Å². The van der Waals surface area contributed by atoms with Crippen molar-refractivity contribution < 1.29 is 17.2 Å². The van der Waals surface area contributed by atoms with Crippen molar-refractivity contribution in [2.45, 2.75) is 30.2 Å². The van der Waals surface area contributed by atoms with Gasteiger partial charge in [-0.15, -0.1) is 0 Å². The first-order chi connectivity index (χ1) is 9.88. The van der Waals surface area contributed by atoms with E-state index >= 15 is 0 Å². The Morgan fingerprint density at radius 1 is 1.29 bits per heavy atom. The number of likely N-dealkylation sites (tertiary alicyclic amines) is 1. The number of alkyl halides is 2. The minimum Gasteiger partial charge on any atom is -0.298 e. The Bertz CT molecular complexity index is 575. The van der Waals surface area contributed by atoms with Gasteiger partial charge in [-0.2, -0.15) is 0 Å². The van der Waals surface area contributed by atoms with Crippen LogP contribution in [0.3, 0.4) is 0 Å². The van der Waals surface area contributed by atoms with E-state index in [2.05, 4.69) is 4.72 Å². The highest BCUT2D eigenvalue weighted by Crippen LogP contribution is 2.22. The molecule has 1 aliphatic rings. The van der Waals surface area contributed by atoms with Gasteiger partial charge < -0.3 is 0 Å². The summed E-state index contributed by atoms with van der Waals surface area (Å²) in [5.74, 6) is 0. The fourth-order valence-corrected chi connectivity index (χ4v) is 4.20. The molecular weight excluding hydrogens is 322 g/mol. The second-order valence-electron chi connectivity index (χ2n) is 5.02. The molecule has 0 radical (unpaired) electrons. The van der Waals surface area contributed by atoms with Crippen LogP contribution in [0.1, 0.15) is 12.8 Å². The van der Waals surface area contributed by atoms with Gasteiger partial charge in [-0.25, -0.2) is 21.9 Å². The number of nitrogens with zero attached hydrogens (tertiary/aromatic N) is 1. The molecule has 0 atom stereocenters. The number of nitrogens with one attached hydrogen (secondary N) is 1. The summed E-state index contributed by atoms with van der Waals surface area (Å²) in [5.41, 5.74) is 0. The predicted molar refractivity (Wildman–Crippen MR) is 77.2 cm³/mol. The van der Waals surface area contributed by atoms with Crippen LogP contribution in [-0.4, -0.2) is 45.4 Å². The Hall–Kier alpha value is -0.760. The minimum atomic E-state index is -3.68. The van der Waals surface area contributed by atoms with Crippen LogP contribution < -0.4 is 4.72 Å². The Labute approximate surface area is 128 Å². The molecule has 1 saturated heterocycles. The van der Waals surface area contributed by atoms with Crippen molar-refractivity contribution in [1.82, 2.24) is 9.62 Å². The summed E-state index contributed by atoms with van der Waals surface area (Å²) in [5, 5.41) is 0.167. The van der Waals surface area contributed by atoms with Crippen molar-refractivity contribution >= 4 is 21.6 Å². The van der Waals surface area contributed by atoms with Gasteiger partial charge >= 0.3 is 0 Å². The number of rotatable bonds is 5. The molecule has 118 valence electrons. The number of piperidine rings is 1. The SMILES string of the molecule is O=S(=O)(NC1CCN(CC(F)F)CC1)c1ccccc1Cl. The zero-order valence-corrected chi connectivity index (χ0v) is 12.9. The highest BCUT2D eigenvalue weighted by Gasteiger charge is 2.26. The summed E-state index contributed by atoms with van der Waals surface area (Å²) in [7, 11) is -3.68. The first kappa shape index (κ1) is 16.6. The van der Waals surface area contributed by atoms with E-state index in [1.807, 2.05) is 0 Å². The number of sulfonamides is 1. The van der Waals surface area contributed by atoms with Gasteiger partial charge in [0.2, 0.25) is 10.0 Å². The Morgan fingerprint density at radius 3 is 2.48 bits per heavy atom. The molecule has 1 N–H and O–H groups in total. The summed E-state index contributed by atoms with van der Waals surface area (Å²) in [6.07, 6.45) is -1.34. The van der Waals surface area contributed by atoms with Crippen molar-refractivity contribution in [2.24, 2.45) is 0 Å². The van der Waals surface area contributed by atoms with Crippen molar-refractivity contribution in [3.63, 3.8) is 0 Å². The van der Waals surface area contributed by atoms with Crippen LogP contribution >= 0.6 is 11.6 Å². The van der Waals surface area contributed by atoms with E-state index in [1.165, 1.54) is 12.1 Å². The van der Waals surface area contributed by atoms with Crippen LogP contribution in [0.2, 0.25) is 5.02 Å². The third kappa shape index (κ3) is 4.60. The number of halogens is 3. The monoisotopic (exact) mass is 338 g/mol. The van der Waals surface area contributed by atoms with Crippen molar-refractivity contribution in [3.8, 4) is 0 Å². The average Bonchev–Trinajstić information content (AvgIpc) is 2.40. The third-order valence-electron chi connectivity index (χ3n) is 3.43. The number of benzene rings is 1. The maximum atomic E-state index is 12.3. The van der Waals surface area contributed by atoms with Crippen LogP contribution in [0.25, 0.3) is 0 Å². The molecule has 1 aromatic carbocycles. The van der Waals surface area contributed by atoms with Gasteiger partial charge in [-0.3, -0.25) is 4.90 Å². The van der Waals surface area contributed by atoms with Crippen LogP contribution in [-0.2, 0) is 10.0 Å². The summed E-state index contributed by atoms with van der Waals surface area (Å²) < 4.78 is 51.7. The lowest BCUT2D eigenvalue weighted by Crippen LogP contribution is -2.45. The van der Waals surface area contributed by atoms with E-state index in [0.29, 0.717) is 25.9 Å². The molecule has 0 aliphatic carbocycles. The van der Waals surface area contributed by atoms with Crippen molar-refractivity contribution in [3.05, 3.63) is 29.3 Å². The van der Waals surface area contributed by atoms with Crippen LogP contribution in [0.5, 0.6) is 0 Å². The second-order valence-corrected chi connectivity index (χ2v) is 7.11. The standard InChI is InChI=1S/C13H17ClF2N2O2S/c14-11-3-1-2-4-12(11)21(19,20)17-10-5-7-18(8-6-10)9-13(15)16/h1-4,10,13,17H,5-9H2. The first-order valence-corrected chi connectivity index (χ1v) is 8.52. The van der Waals surface area contributed by atoms with E-state index in [9.17, 15) is 17.2 Å². The normalized spacial score (nSPS) is 18.3. The highest BCUT2D eigenvalue weighted by molar-refractivity contribution is 7.89. The summed E-state index contributed by atoms with van der Waals surface area (Å²) in [6, 6.07) is 5.97. The number of hydrogen-bond acceptors (Lipinski definition) is 3. The lowest BCUT2D eigenvalue weighted by molar-refractivity contribution is 0.0747. The van der Waals surface area contributed by atoms with Gasteiger partial charge in [0.25, 0.3) is 6.43 Å². The Morgan fingerprint density at radius 2 is 1.90 bits per heavy atom. The Balaban J connectivity index is 1.95. The molecule has 1 heterocycles. The first-order valence-electron chi connectivity index (χ1n) is 6.66. The van der Waals surface area contributed by atoms with E-state index in [-0.39, 0.29) is 22.5 Å². The van der Waals surface area contributed by atoms with E-state index in [4.69, 9.17) is 11.6 Å². The van der Waals surface area contributed by atoms with Gasteiger partial charge in [0.15, 0.2) is 0 Å². The molecule has 0 spiro atoms. The van der Waals surface area contributed by atoms with Crippen molar-refractivity contribution in [1.29, 1.82) is 0 Å². The van der Waals surface area contributed by atoms with Gasteiger partial charge in [-0.05, 0) is 38.1 Å². The fourth-order valence-electron chi connectivity index (χ4n) is 2.37. The smallest absolute Gasteiger partial charge is 0.251 e. The summed E-state index contributed by atoms with van der Waals surface area (Å²) >= 11 is 5.90. The molecule has 0 bridgehead atoms. The zero-order valence-electron chi connectivity index (χ0n) is 11.3. The van der Waals surface area contributed by atoms with E-state index in [1.54, 1.807) is 17.0 Å². The van der Waals surface area contributed by atoms with Crippen molar-refractivity contribution in [2.75, 3.05) is 19.6 Å². The molecular formula is C13H17ClF2N2O2S. The average molecular weight is 339 g/mol. The molecule has 0 amide bonds. The topological polar surface area (TPSA) is 49.4 Å². The van der Waals surface area contributed by atoms with Gasteiger partial charge in [-0.1, -0.05) is 23.7 Å². The van der Waals surface area contributed by atoms with E-state index < -0.39 is 16.4 Å². The highest BCUT2D eigenvalue weighted by atomic mass is 35.5.